The maximum atomic E-state index is 11.6. The number of piperidine rings is 1. The van der Waals surface area contributed by atoms with E-state index in [1.165, 1.54) is 0 Å². The summed E-state index contributed by atoms with van der Waals surface area (Å²) in [5.74, 6) is -0.0519. The summed E-state index contributed by atoms with van der Waals surface area (Å²) in [7, 11) is 0. The Morgan fingerprint density at radius 3 is 2.75 bits per heavy atom. The van der Waals surface area contributed by atoms with Crippen molar-refractivity contribution in [1.29, 1.82) is 0 Å². The van der Waals surface area contributed by atoms with Gasteiger partial charge in [-0.3, -0.25) is 9.59 Å². The number of carboxylic acid groups (broad SMARTS) is 1. The Hall–Kier alpha value is -1.06. The molecule has 2 atom stereocenters. The molecule has 4 nitrogen and oxygen atoms in total. The molecule has 4 heteroatoms. The molecule has 0 aromatic carbocycles. The summed E-state index contributed by atoms with van der Waals surface area (Å²) >= 11 is 0. The Morgan fingerprint density at radius 1 is 1.50 bits per heavy atom. The number of amides is 1. The molecule has 1 rings (SSSR count). The van der Waals surface area contributed by atoms with Gasteiger partial charge in [-0.25, -0.2) is 0 Å². The summed E-state index contributed by atoms with van der Waals surface area (Å²) in [5, 5.41) is 8.76. The summed E-state index contributed by atoms with van der Waals surface area (Å²) in [6.45, 7) is 5.41. The van der Waals surface area contributed by atoms with Crippen LogP contribution in [0.5, 0.6) is 0 Å². The standard InChI is InChI=1S/C12H21NO3/c1-3-11(14)13-6-4-5-10(8-13)9(2)7-12(15)16/h9-10H,3-8H2,1-2H3,(H,15,16). The molecule has 92 valence electrons. The second-order valence-electron chi connectivity index (χ2n) is 4.67. The normalized spacial score (nSPS) is 22.9. The minimum Gasteiger partial charge on any atom is -0.481 e. The molecule has 0 bridgehead atoms. The number of likely N-dealkylation sites (tertiary alicyclic amines) is 1. The van der Waals surface area contributed by atoms with Crippen molar-refractivity contribution in [2.45, 2.75) is 39.5 Å². The molecule has 1 fully saturated rings. The zero-order chi connectivity index (χ0) is 12.1. The number of rotatable bonds is 4. The van der Waals surface area contributed by atoms with Gasteiger partial charge in [0.2, 0.25) is 5.91 Å². The van der Waals surface area contributed by atoms with Crippen molar-refractivity contribution in [3.8, 4) is 0 Å². The quantitative estimate of drug-likeness (QED) is 0.796. The SMILES string of the molecule is CCC(=O)N1CCCC(C(C)CC(=O)O)C1. The first-order chi connectivity index (χ1) is 7.54. The Balaban J connectivity index is 2.49. The lowest BCUT2D eigenvalue weighted by molar-refractivity contribution is -0.138. The highest BCUT2D eigenvalue weighted by Gasteiger charge is 2.27. The van der Waals surface area contributed by atoms with Crippen molar-refractivity contribution in [3.05, 3.63) is 0 Å². The predicted molar refractivity (Wildman–Crippen MR) is 61.0 cm³/mol. The van der Waals surface area contributed by atoms with Crippen molar-refractivity contribution in [1.82, 2.24) is 4.90 Å². The van der Waals surface area contributed by atoms with E-state index in [-0.39, 0.29) is 18.2 Å². The molecule has 0 aromatic rings. The van der Waals surface area contributed by atoms with E-state index in [0.717, 1.165) is 25.9 Å². The maximum Gasteiger partial charge on any atom is 0.303 e. The van der Waals surface area contributed by atoms with E-state index in [0.29, 0.717) is 12.3 Å². The van der Waals surface area contributed by atoms with Gasteiger partial charge in [0.1, 0.15) is 0 Å². The summed E-state index contributed by atoms with van der Waals surface area (Å²) in [4.78, 5) is 24.1. The van der Waals surface area contributed by atoms with Crippen LogP contribution < -0.4 is 0 Å². The summed E-state index contributed by atoms with van der Waals surface area (Å²) < 4.78 is 0. The van der Waals surface area contributed by atoms with Gasteiger partial charge in [0, 0.05) is 25.9 Å². The van der Waals surface area contributed by atoms with E-state index < -0.39 is 5.97 Å². The van der Waals surface area contributed by atoms with E-state index in [9.17, 15) is 9.59 Å². The molecule has 0 radical (unpaired) electrons. The van der Waals surface area contributed by atoms with Crippen molar-refractivity contribution < 1.29 is 14.7 Å². The van der Waals surface area contributed by atoms with Crippen molar-refractivity contribution in [2.24, 2.45) is 11.8 Å². The zero-order valence-corrected chi connectivity index (χ0v) is 10.1. The fourth-order valence-electron chi connectivity index (χ4n) is 2.37. The molecular formula is C12H21NO3. The first-order valence-electron chi connectivity index (χ1n) is 6.04. The van der Waals surface area contributed by atoms with Gasteiger partial charge in [0.25, 0.3) is 0 Å². The topological polar surface area (TPSA) is 57.6 Å². The number of hydrogen-bond acceptors (Lipinski definition) is 2. The van der Waals surface area contributed by atoms with E-state index in [1.807, 2.05) is 18.7 Å². The fourth-order valence-corrected chi connectivity index (χ4v) is 2.37. The maximum absolute atomic E-state index is 11.6. The molecule has 1 heterocycles. The van der Waals surface area contributed by atoms with Crippen molar-refractivity contribution >= 4 is 11.9 Å². The van der Waals surface area contributed by atoms with Gasteiger partial charge in [-0.15, -0.1) is 0 Å². The number of carbonyl (C=O) groups is 2. The molecule has 0 spiro atoms. The molecule has 1 N–H and O–H groups in total. The molecular weight excluding hydrogens is 206 g/mol. The van der Waals surface area contributed by atoms with Crippen LogP contribution in [0.3, 0.4) is 0 Å². The fraction of sp³-hybridized carbons (Fsp3) is 0.833. The lowest BCUT2D eigenvalue weighted by Gasteiger charge is -2.35. The van der Waals surface area contributed by atoms with E-state index in [2.05, 4.69) is 0 Å². The third-order valence-corrected chi connectivity index (χ3v) is 3.41. The molecule has 0 aliphatic carbocycles. The Labute approximate surface area is 96.6 Å². The van der Waals surface area contributed by atoms with Crippen molar-refractivity contribution in [2.75, 3.05) is 13.1 Å². The van der Waals surface area contributed by atoms with Crippen LogP contribution in [-0.4, -0.2) is 35.0 Å². The van der Waals surface area contributed by atoms with Crippen LogP contribution in [0.1, 0.15) is 39.5 Å². The lowest BCUT2D eigenvalue weighted by atomic mass is 9.84. The van der Waals surface area contributed by atoms with Gasteiger partial charge in [-0.1, -0.05) is 13.8 Å². The van der Waals surface area contributed by atoms with Gasteiger partial charge in [0.15, 0.2) is 0 Å². The second-order valence-corrected chi connectivity index (χ2v) is 4.67. The number of aliphatic carboxylic acids is 1. The van der Waals surface area contributed by atoms with Gasteiger partial charge in [-0.2, -0.15) is 0 Å². The number of carboxylic acids is 1. The van der Waals surface area contributed by atoms with Crippen LogP contribution in [0.2, 0.25) is 0 Å². The Morgan fingerprint density at radius 2 is 2.19 bits per heavy atom. The number of carbonyl (C=O) groups excluding carboxylic acids is 1. The van der Waals surface area contributed by atoms with Crippen LogP contribution >= 0.6 is 0 Å². The second kappa shape index (κ2) is 5.87. The Kier molecular flexibility index (Phi) is 4.77. The number of nitrogens with zero attached hydrogens (tertiary/aromatic N) is 1. The van der Waals surface area contributed by atoms with Crippen LogP contribution in [0, 0.1) is 11.8 Å². The van der Waals surface area contributed by atoms with E-state index >= 15 is 0 Å². The predicted octanol–water partition coefficient (Wildman–Crippen LogP) is 1.75. The average molecular weight is 227 g/mol. The molecule has 1 amide bonds. The third kappa shape index (κ3) is 3.51. The van der Waals surface area contributed by atoms with Gasteiger partial charge >= 0.3 is 5.97 Å². The van der Waals surface area contributed by atoms with Crippen LogP contribution in [0.4, 0.5) is 0 Å². The first kappa shape index (κ1) is 13.0. The molecule has 0 saturated carbocycles. The summed E-state index contributed by atoms with van der Waals surface area (Å²) in [6, 6.07) is 0. The molecule has 2 unspecified atom stereocenters. The third-order valence-electron chi connectivity index (χ3n) is 3.41. The number of hydrogen-bond donors (Lipinski definition) is 1. The summed E-state index contributed by atoms with van der Waals surface area (Å²) in [5.41, 5.74) is 0. The molecule has 1 aliphatic heterocycles. The van der Waals surface area contributed by atoms with Crippen LogP contribution in [0.15, 0.2) is 0 Å². The zero-order valence-electron chi connectivity index (χ0n) is 10.1. The molecule has 1 saturated heterocycles. The first-order valence-corrected chi connectivity index (χ1v) is 6.04. The van der Waals surface area contributed by atoms with Crippen LogP contribution in [0.25, 0.3) is 0 Å². The molecule has 16 heavy (non-hydrogen) atoms. The largest absolute Gasteiger partial charge is 0.481 e. The van der Waals surface area contributed by atoms with Gasteiger partial charge in [-0.05, 0) is 24.7 Å². The highest BCUT2D eigenvalue weighted by Crippen LogP contribution is 2.26. The lowest BCUT2D eigenvalue weighted by Crippen LogP contribution is -2.41. The molecule has 1 aliphatic rings. The minimum absolute atomic E-state index is 0.157. The molecule has 0 aromatic heterocycles. The highest BCUT2D eigenvalue weighted by molar-refractivity contribution is 5.75. The minimum atomic E-state index is -0.744. The monoisotopic (exact) mass is 227 g/mol. The van der Waals surface area contributed by atoms with Crippen molar-refractivity contribution in [3.63, 3.8) is 0 Å². The van der Waals surface area contributed by atoms with Gasteiger partial charge in [0.05, 0.1) is 0 Å². The Bertz CT molecular complexity index is 265. The highest BCUT2D eigenvalue weighted by atomic mass is 16.4. The van der Waals surface area contributed by atoms with E-state index in [4.69, 9.17) is 5.11 Å². The summed E-state index contributed by atoms with van der Waals surface area (Å²) in [6.07, 6.45) is 2.79. The van der Waals surface area contributed by atoms with Gasteiger partial charge < -0.3 is 10.0 Å². The van der Waals surface area contributed by atoms with E-state index in [1.54, 1.807) is 0 Å². The van der Waals surface area contributed by atoms with Crippen LogP contribution in [-0.2, 0) is 9.59 Å². The average Bonchev–Trinajstić information content (AvgIpc) is 2.27. The smallest absolute Gasteiger partial charge is 0.303 e.